The van der Waals surface area contributed by atoms with Crippen LogP contribution in [0.1, 0.15) is 42.4 Å². The molecule has 3 aromatic heterocycles. The molecule has 0 bridgehead atoms. The van der Waals surface area contributed by atoms with Crippen molar-refractivity contribution in [3.8, 4) is 0 Å². The minimum absolute atomic E-state index is 0.585. The summed E-state index contributed by atoms with van der Waals surface area (Å²) in [5.41, 5.74) is 5.21. The third kappa shape index (κ3) is 2.35. The Labute approximate surface area is 141 Å². The van der Waals surface area contributed by atoms with E-state index < -0.39 is 0 Å². The number of aromatic nitrogens is 4. The Morgan fingerprint density at radius 2 is 2.08 bits per heavy atom. The number of imidazole rings is 2. The largest absolute Gasteiger partial charge is 0.330 e. The molecule has 1 aliphatic heterocycles. The Bertz CT molecular complexity index is 862. The Hall–Kier alpha value is -2.14. The van der Waals surface area contributed by atoms with Gasteiger partial charge in [-0.2, -0.15) is 0 Å². The Kier molecular flexibility index (Phi) is 3.40. The highest BCUT2D eigenvalue weighted by Crippen LogP contribution is 2.29. The minimum Gasteiger partial charge on any atom is -0.330 e. The van der Waals surface area contributed by atoms with Crippen LogP contribution in [0, 0.1) is 0 Å². The summed E-state index contributed by atoms with van der Waals surface area (Å²) in [4.78, 5) is 11.6. The summed E-state index contributed by atoms with van der Waals surface area (Å²) in [5, 5.41) is 0. The van der Waals surface area contributed by atoms with Gasteiger partial charge in [-0.05, 0) is 44.2 Å². The van der Waals surface area contributed by atoms with E-state index >= 15 is 0 Å². The van der Waals surface area contributed by atoms with E-state index in [4.69, 9.17) is 0 Å². The third-order valence-electron chi connectivity index (χ3n) is 5.60. The zero-order chi connectivity index (χ0) is 15.9. The monoisotopic (exact) mass is 321 g/mol. The lowest BCUT2D eigenvalue weighted by atomic mass is 10.0. The third-order valence-corrected chi connectivity index (χ3v) is 5.60. The van der Waals surface area contributed by atoms with Gasteiger partial charge in [-0.25, -0.2) is 9.97 Å². The summed E-state index contributed by atoms with van der Waals surface area (Å²) >= 11 is 0. The first-order valence-electron chi connectivity index (χ1n) is 9.06. The smallest absolute Gasteiger partial charge is 0.136 e. The topological polar surface area (TPSA) is 38.4 Å². The highest BCUT2D eigenvalue weighted by Gasteiger charge is 2.27. The number of fused-ring (bicyclic) bond motifs is 2. The van der Waals surface area contributed by atoms with Gasteiger partial charge in [-0.3, -0.25) is 4.90 Å². The summed E-state index contributed by atoms with van der Waals surface area (Å²) in [5.74, 6) is 0. The van der Waals surface area contributed by atoms with Crippen molar-refractivity contribution < 1.29 is 0 Å². The van der Waals surface area contributed by atoms with Gasteiger partial charge < -0.3 is 8.97 Å². The van der Waals surface area contributed by atoms with E-state index in [1.807, 2.05) is 6.20 Å². The number of likely N-dealkylation sites (tertiary alicyclic amines) is 1. The van der Waals surface area contributed by atoms with E-state index in [1.165, 1.54) is 49.2 Å². The second kappa shape index (κ2) is 5.74. The Morgan fingerprint density at radius 1 is 1.12 bits per heavy atom. The first kappa shape index (κ1) is 14.2. The van der Waals surface area contributed by atoms with Crippen LogP contribution >= 0.6 is 0 Å². The molecular weight excluding hydrogens is 298 g/mol. The van der Waals surface area contributed by atoms with Crippen molar-refractivity contribution in [1.82, 2.24) is 23.8 Å². The van der Waals surface area contributed by atoms with Crippen molar-refractivity contribution in [2.24, 2.45) is 0 Å². The van der Waals surface area contributed by atoms with Crippen LogP contribution in [-0.2, 0) is 19.4 Å². The molecule has 1 atom stereocenters. The second-order valence-electron chi connectivity index (χ2n) is 7.10. The lowest BCUT2D eigenvalue weighted by molar-refractivity contribution is 0.310. The predicted octanol–water partition coefficient (Wildman–Crippen LogP) is 2.86. The van der Waals surface area contributed by atoms with Crippen LogP contribution in [0.2, 0.25) is 0 Å². The van der Waals surface area contributed by atoms with Crippen molar-refractivity contribution >= 4 is 5.65 Å². The van der Waals surface area contributed by atoms with Crippen LogP contribution in [0.15, 0.2) is 36.9 Å². The fraction of sp³-hybridized carbons (Fsp3) is 0.474. The molecule has 24 heavy (non-hydrogen) atoms. The quantitative estimate of drug-likeness (QED) is 0.744. The molecule has 0 saturated carbocycles. The standard InChI is InChI=1S/C19H23N5/c1-2-6-18-17(5-1)21-14-24(18)16-8-10-22(13-16)12-15-4-3-7-19-20-9-11-23(15)19/h3-4,7,9,11,14,16H,1-2,5-6,8,10,12-13H2/t16-/m0/s1. The van der Waals surface area contributed by atoms with Crippen LogP contribution in [0.25, 0.3) is 5.65 Å². The molecule has 4 heterocycles. The normalized spacial score (nSPS) is 21.4. The Balaban J connectivity index is 1.34. The molecule has 1 aliphatic carbocycles. The molecule has 1 saturated heterocycles. The van der Waals surface area contributed by atoms with Gasteiger partial charge >= 0.3 is 0 Å². The first-order chi connectivity index (χ1) is 11.9. The van der Waals surface area contributed by atoms with E-state index in [-0.39, 0.29) is 0 Å². The first-order valence-corrected chi connectivity index (χ1v) is 9.06. The molecule has 0 aromatic carbocycles. The summed E-state index contributed by atoms with van der Waals surface area (Å²) in [6.07, 6.45) is 12.3. The molecular formula is C19H23N5. The number of hydrogen-bond donors (Lipinski definition) is 0. The van der Waals surface area contributed by atoms with Gasteiger partial charge in [0.15, 0.2) is 0 Å². The van der Waals surface area contributed by atoms with Gasteiger partial charge in [-0.15, -0.1) is 0 Å². The van der Waals surface area contributed by atoms with Crippen molar-refractivity contribution in [3.05, 3.63) is 54.0 Å². The lowest BCUT2D eigenvalue weighted by Gasteiger charge is -2.20. The van der Waals surface area contributed by atoms with Gasteiger partial charge in [0.2, 0.25) is 0 Å². The number of hydrogen-bond acceptors (Lipinski definition) is 3. The van der Waals surface area contributed by atoms with Gasteiger partial charge in [0.25, 0.3) is 0 Å². The molecule has 0 spiro atoms. The molecule has 5 heteroatoms. The number of aryl methyl sites for hydroxylation is 1. The Morgan fingerprint density at radius 3 is 3.08 bits per heavy atom. The van der Waals surface area contributed by atoms with Crippen molar-refractivity contribution in [1.29, 1.82) is 0 Å². The summed E-state index contributed by atoms with van der Waals surface area (Å²) in [7, 11) is 0. The number of nitrogens with zero attached hydrogens (tertiary/aromatic N) is 5. The number of rotatable bonds is 3. The zero-order valence-electron chi connectivity index (χ0n) is 13.9. The molecule has 0 N–H and O–H groups in total. The highest BCUT2D eigenvalue weighted by molar-refractivity contribution is 5.39. The van der Waals surface area contributed by atoms with Crippen molar-refractivity contribution in [2.45, 2.75) is 44.7 Å². The van der Waals surface area contributed by atoms with Crippen molar-refractivity contribution in [2.75, 3.05) is 13.1 Å². The second-order valence-corrected chi connectivity index (χ2v) is 7.10. The lowest BCUT2D eigenvalue weighted by Crippen LogP contribution is -2.23. The maximum atomic E-state index is 4.68. The summed E-state index contributed by atoms with van der Waals surface area (Å²) < 4.78 is 4.68. The molecule has 3 aromatic rings. The van der Waals surface area contributed by atoms with E-state index in [9.17, 15) is 0 Å². The van der Waals surface area contributed by atoms with E-state index in [1.54, 1.807) is 0 Å². The fourth-order valence-electron chi connectivity index (χ4n) is 4.35. The number of pyridine rings is 1. The molecule has 5 rings (SSSR count). The zero-order valence-corrected chi connectivity index (χ0v) is 13.9. The van der Waals surface area contributed by atoms with Crippen molar-refractivity contribution in [3.63, 3.8) is 0 Å². The van der Waals surface area contributed by atoms with Crippen LogP contribution in [0.5, 0.6) is 0 Å². The average molecular weight is 321 g/mol. The molecule has 2 aliphatic rings. The fourth-order valence-corrected chi connectivity index (χ4v) is 4.35. The molecule has 0 amide bonds. The van der Waals surface area contributed by atoms with Gasteiger partial charge in [0, 0.05) is 49.5 Å². The average Bonchev–Trinajstić information content (AvgIpc) is 3.34. The minimum atomic E-state index is 0.585. The van der Waals surface area contributed by atoms with Crippen LogP contribution in [-0.4, -0.2) is 36.9 Å². The molecule has 124 valence electrons. The summed E-state index contributed by atoms with van der Waals surface area (Å²) in [6, 6.07) is 6.97. The van der Waals surface area contributed by atoms with E-state index in [2.05, 4.69) is 54.6 Å². The summed E-state index contributed by atoms with van der Waals surface area (Å²) in [6.45, 7) is 3.26. The molecule has 5 nitrogen and oxygen atoms in total. The molecule has 1 fully saturated rings. The highest BCUT2D eigenvalue weighted by atomic mass is 15.2. The molecule has 0 unspecified atom stereocenters. The molecule has 0 radical (unpaired) electrons. The predicted molar refractivity (Wildman–Crippen MR) is 93.0 cm³/mol. The van der Waals surface area contributed by atoms with Crippen LogP contribution in [0.4, 0.5) is 0 Å². The van der Waals surface area contributed by atoms with Gasteiger partial charge in [-0.1, -0.05) is 6.07 Å². The van der Waals surface area contributed by atoms with Crippen LogP contribution in [0.3, 0.4) is 0 Å². The van der Waals surface area contributed by atoms with Gasteiger partial charge in [0.1, 0.15) is 5.65 Å². The van der Waals surface area contributed by atoms with Crippen LogP contribution < -0.4 is 0 Å². The van der Waals surface area contributed by atoms with E-state index in [0.29, 0.717) is 6.04 Å². The maximum Gasteiger partial charge on any atom is 0.136 e. The SMILES string of the molecule is c1cc(CN2CC[C@H](n3cnc4c3CCCC4)C2)n2ccnc2c1. The van der Waals surface area contributed by atoms with E-state index in [0.717, 1.165) is 25.3 Å². The maximum absolute atomic E-state index is 4.68. The van der Waals surface area contributed by atoms with Gasteiger partial charge in [0.05, 0.1) is 12.0 Å².